The van der Waals surface area contributed by atoms with Crippen molar-refractivity contribution in [2.75, 3.05) is 0 Å². The molecule has 1 fully saturated rings. The van der Waals surface area contributed by atoms with Crippen molar-refractivity contribution in [1.82, 2.24) is 5.32 Å². The SMILES string of the molecule is Cc1ccccc1CNC(C)(C)C1CC1. The van der Waals surface area contributed by atoms with Gasteiger partial charge in [-0.1, -0.05) is 24.3 Å². The van der Waals surface area contributed by atoms with E-state index in [1.165, 1.54) is 24.0 Å². The largest absolute Gasteiger partial charge is 0.307 e. The quantitative estimate of drug-likeness (QED) is 0.792. The van der Waals surface area contributed by atoms with E-state index < -0.39 is 0 Å². The van der Waals surface area contributed by atoms with E-state index in [0.29, 0.717) is 5.54 Å². The Bertz CT molecular complexity index is 337. The van der Waals surface area contributed by atoms with Crippen molar-refractivity contribution >= 4 is 0 Å². The fraction of sp³-hybridized carbons (Fsp3) is 0.571. The fourth-order valence-corrected chi connectivity index (χ4v) is 2.08. The van der Waals surface area contributed by atoms with Crippen molar-refractivity contribution in [2.45, 2.75) is 45.7 Å². The van der Waals surface area contributed by atoms with Gasteiger partial charge in [0.25, 0.3) is 0 Å². The molecule has 0 atom stereocenters. The number of rotatable bonds is 4. The molecule has 1 N–H and O–H groups in total. The number of hydrogen-bond acceptors (Lipinski definition) is 1. The molecule has 15 heavy (non-hydrogen) atoms. The van der Waals surface area contributed by atoms with Crippen molar-refractivity contribution in [2.24, 2.45) is 5.92 Å². The Morgan fingerprint density at radius 2 is 1.93 bits per heavy atom. The van der Waals surface area contributed by atoms with E-state index in [9.17, 15) is 0 Å². The summed E-state index contributed by atoms with van der Waals surface area (Å²) in [5.41, 5.74) is 3.12. The van der Waals surface area contributed by atoms with Gasteiger partial charge in [0.1, 0.15) is 0 Å². The van der Waals surface area contributed by atoms with Crippen LogP contribution in [0.5, 0.6) is 0 Å². The molecule has 0 heterocycles. The molecule has 0 spiro atoms. The Balaban J connectivity index is 1.95. The molecule has 0 aromatic heterocycles. The predicted molar refractivity (Wildman–Crippen MR) is 64.8 cm³/mol. The molecule has 1 nitrogen and oxygen atoms in total. The predicted octanol–water partition coefficient (Wildman–Crippen LogP) is 3.27. The molecule has 1 saturated carbocycles. The van der Waals surface area contributed by atoms with E-state index in [1.807, 2.05) is 0 Å². The number of nitrogens with one attached hydrogen (secondary N) is 1. The molecule has 1 aromatic carbocycles. The van der Waals surface area contributed by atoms with Crippen LogP contribution in [0.2, 0.25) is 0 Å². The van der Waals surface area contributed by atoms with Crippen molar-refractivity contribution in [3.63, 3.8) is 0 Å². The summed E-state index contributed by atoms with van der Waals surface area (Å²) in [6, 6.07) is 8.62. The lowest BCUT2D eigenvalue weighted by Crippen LogP contribution is -2.40. The van der Waals surface area contributed by atoms with Crippen LogP contribution in [-0.2, 0) is 6.54 Å². The zero-order valence-corrected chi connectivity index (χ0v) is 10.0. The second kappa shape index (κ2) is 3.97. The third-order valence-electron chi connectivity index (χ3n) is 3.59. The summed E-state index contributed by atoms with van der Waals surface area (Å²) in [6.45, 7) is 7.82. The molecule has 1 aromatic rings. The third-order valence-corrected chi connectivity index (χ3v) is 3.59. The second-order valence-corrected chi connectivity index (χ2v) is 5.28. The van der Waals surface area contributed by atoms with Gasteiger partial charge in [-0.3, -0.25) is 0 Å². The summed E-state index contributed by atoms with van der Waals surface area (Å²) in [5, 5.41) is 3.68. The third kappa shape index (κ3) is 2.60. The zero-order chi connectivity index (χ0) is 10.9. The number of hydrogen-bond donors (Lipinski definition) is 1. The zero-order valence-electron chi connectivity index (χ0n) is 10.0. The lowest BCUT2D eigenvalue weighted by molar-refractivity contribution is 0.339. The van der Waals surface area contributed by atoms with Gasteiger partial charge in [0.05, 0.1) is 0 Å². The molecule has 0 saturated heterocycles. The van der Waals surface area contributed by atoms with Gasteiger partial charge in [0.15, 0.2) is 0 Å². The van der Waals surface area contributed by atoms with E-state index in [-0.39, 0.29) is 0 Å². The summed E-state index contributed by atoms with van der Waals surface area (Å²) in [7, 11) is 0. The highest BCUT2D eigenvalue weighted by Crippen LogP contribution is 2.39. The van der Waals surface area contributed by atoms with Gasteiger partial charge in [-0.2, -0.15) is 0 Å². The van der Waals surface area contributed by atoms with Crippen LogP contribution in [0.3, 0.4) is 0 Å². The first-order valence-electron chi connectivity index (χ1n) is 5.89. The molecule has 0 bridgehead atoms. The number of benzene rings is 1. The van der Waals surface area contributed by atoms with E-state index in [2.05, 4.69) is 50.4 Å². The molecular weight excluding hydrogens is 182 g/mol. The highest BCUT2D eigenvalue weighted by molar-refractivity contribution is 5.25. The standard InChI is InChI=1S/C14H21N/c1-11-6-4-5-7-12(11)10-15-14(2,3)13-8-9-13/h4-7,13,15H,8-10H2,1-3H3. The van der Waals surface area contributed by atoms with Gasteiger partial charge < -0.3 is 5.32 Å². The molecule has 82 valence electrons. The van der Waals surface area contributed by atoms with Crippen LogP contribution < -0.4 is 5.32 Å². The van der Waals surface area contributed by atoms with Gasteiger partial charge in [-0.05, 0) is 50.7 Å². The lowest BCUT2D eigenvalue weighted by Gasteiger charge is -2.26. The van der Waals surface area contributed by atoms with E-state index >= 15 is 0 Å². The topological polar surface area (TPSA) is 12.0 Å². The first kappa shape index (κ1) is 10.7. The normalized spacial score (nSPS) is 16.7. The van der Waals surface area contributed by atoms with Crippen molar-refractivity contribution in [3.05, 3.63) is 35.4 Å². The maximum atomic E-state index is 3.68. The molecule has 0 unspecified atom stereocenters. The molecule has 0 aliphatic heterocycles. The highest BCUT2D eigenvalue weighted by atomic mass is 15.0. The monoisotopic (exact) mass is 203 g/mol. The van der Waals surface area contributed by atoms with Gasteiger partial charge >= 0.3 is 0 Å². The minimum atomic E-state index is 0.308. The van der Waals surface area contributed by atoms with Crippen LogP contribution in [0.1, 0.15) is 37.8 Å². The van der Waals surface area contributed by atoms with Gasteiger partial charge in [0, 0.05) is 12.1 Å². The molecule has 0 amide bonds. The van der Waals surface area contributed by atoms with E-state index in [4.69, 9.17) is 0 Å². The highest BCUT2D eigenvalue weighted by Gasteiger charge is 2.37. The minimum absolute atomic E-state index is 0.308. The Morgan fingerprint density at radius 1 is 1.27 bits per heavy atom. The smallest absolute Gasteiger partial charge is 0.0213 e. The maximum absolute atomic E-state index is 3.68. The van der Waals surface area contributed by atoms with Crippen LogP contribution in [0.15, 0.2) is 24.3 Å². The van der Waals surface area contributed by atoms with Crippen LogP contribution in [-0.4, -0.2) is 5.54 Å². The Kier molecular flexibility index (Phi) is 2.83. The number of aryl methyl sites for hydroxylation is 1. The van der Waals surface area contributed by atoms with E-state index in [1.54, 1.807) is 0 Å². The fourth-order valence-electron chi connectivity index (χ4n) is 2.08. The van der Waals surface area contributed by atoms with Gasteiger partial charge in [-0.15, -0.1) is 0 Å². The Morgan fingerprint density at radius 3 is 2.53 bits per heavy atom. The summed E-state index contributed by atoms with van der Waals surface area (Å²) in [4.78, 5) is 0. The van der Waals surface area contributed by atoms with Crippen LogP contribution in [0.25, 0.3) is 0 Å². The van der Waals surface area contributed by atoms with Crippen molar-refractivity contribution in [3.8, 4) is 0 Å². The van der Waals surface area contributed by atoms with Crippen molar-refractivity contribution < 1.29 is 0 Å². The summed E-state index contributed by atoms with van der Waals surface area (Å²) >= 11 is 0. The summed E-state index contributed by atoms with van der Waals surface area (Å²) in [6.07, 6.45) is 2.79. The summed E-state index contributed by atoms with van der Waals surface area (Å²) < 4.78 is 0. The molecule has 1 aliphatic rings. The van der Waals surface area contributed by atoms with Crippen LogP contribution >= 0.6 is 0 Å². The Hall–Kier alpha value is -0.820. The second-order valence-electron chi connectivity index (χ2n) is 5.28. The first-order chi connectivity index (χ1) is 7.09. The van der Waals surface area contributed by atoms with Crippen LogP contribution in [0, 0.1) is 12.8 Å². The Labute approximate surface area is 92.9 Å². The lowest BCUT2D eigenvalue weighted by atomic mass is 9.98. The molecule has 0 radical (unpaired) electrons. The maximum Gasteiger partial charge on any atom is 0.0213 e. The van der Waals surface area contributed by atoms with E-state index in [0.717, 1.165) is 12.5 Å². The molecule has 2 rings (SSSR count). The molecule has 1 aliphatic carbocycles. The average molecular weight is 203 g/mol. The van der Waals surface area contributed by atoms with Gasteiger partial charge in [0.2, 0.25) is 0 Å². The van der Waals surface area contributed by atoms with Crippen LogP contribution in [0.4, 0.5) is 0 Å². The van der Waals surface area contributed by atoms with Gasteiger partial charge in [-0.25, -0.2) is 0 Å². The first-order valence-corrected chi connectivity index (χ1v) is 5.89. The molecule has 1 heteroatoms. The molecular formula is C14H21N. The average Bonchev–Trinajstić information content (AvgIpc) is 3.00. The minimum Gasteiger partial charge on any atom is -0.307 e. The summed E-state index contributed by atoms with van der Waals surface area (Å²) in [5.74, 6) is 0.890. The van der Waals surface area contributed by atoms with Crippen molar-refractivity contribution in [1.29, 1.82) is 0 Å².